The predicted octanol–water partition coefficient (Wildman–Crippen LogP) is 0.995. The molecule has 1 aromatic rings. The molecule has 9 heavy (non-hydrogen) atoms. The summed E-state index contributed by atoms with van der Waals surface area (Å²) < 4.78 is -0.00407. The van der Waals surface area contributed by atoms with Crippen LogP contribution < -0.4 is 0 Å². The number of carbonyl (C=O) groups is 1. The van der Waals surface area contributed by atoms with E-state index in [-0.39, 0.29) is 4.68 Å². The molecule has 0 amide bonds. The molecule has 0 atom stereocenters. The number of rotatable bonds is 1. The Labute approximate surface area is 61.9 Å². The summed E-state index contributed by atoms with van der Waals surface area (Å²) >= 11 is 2.42. The summed E-state index contributed by atoms with van der Waals surface area (Å²) in [5.74, 6) is 0. The van der Waals surface area contributed by atoms with Crippen molar-refractivity contribution in [2.45, 2.75) is 0 Å². The summed E-state index contributed by atoms with van der Waals surface area (Å²) in [6, 6.07) is 9.11. The first-order valence-electron chi connectivity index (χ1n) is 2.57. The molecule has 0 bridgehead atoms. The molecule has 1 nitrogen and oxygen atoms in total. The van der Waals surface area contributed by atoms with Gasteiger partial charge in [-0.25, -0.2) is 0 Å². The van der Waals surface area contributed by atoms with Gasteiger partial charge >= 0.3 is 61.4 Å². The van der Waals surface area contributed by atoms with Crippen LogP contribution in [-0.4, -0.2) is 20.7 Å². The molecule has 0 spiro atoms. The van der Waals surface area contributed by atoms with E-state index < -0.39 is 0 Å². The Bertz CT molecular complexity index is 205. The zero-order valence-electron chi connectivity index (χ0n) is 4.70. The molecule has 0 saturated carbocycles. The molecule has 0 aliphatic heterocycles. The second-order valence-electron chi connectivity index (χ2n) is 1.65. The molecule has 0 N–H and O–H groups in total. The minimum atomic E-state index is -0.00407. The third kappa shape index (κ3) is 1.67. The average molecular weight is 184 g/mol. The predicted molar refractivity (Wildman–Crippen MR) is 36.5 cm³/mol. The Balaban J connectivity index is 2.98. The molecule has 0 unspecified atom stereocenters. The monoisotopic (exact) mass is 185 g/mol. The molecule has 0 aliphatic rings. The third-order valence-corrected chi connectivity index (χ3v) is 1.50. The second-order valence-corrected chi connectivity index (χ2v) is 2.43. The van der Waals surface area contributed by atoms with Crippen LogP contribution in [0.15, 0.2) is 30.3 Å². The van der Waals surface area contributed by atoms with Crippen LogP contribution >= 0.6 is 0 Å². The molecule has 1 rings (SSSR count). The fourth-order valence-electron chi connectivity index (χ4n) is 0.574. The van der Waals surface area contributed by atoms with Crippen LogP contribution in [0.25, 0.3) is 0 Å². The van der Waals surface area contributed by atoms with E-state index in [9.17, 15) is 4.79 Å². The molecule has 46 valence electrons. The summed E-state index contributed by atoms with van der Waals surface area (Å²) in [4.78, 5) is 10.6. The standard InChI is InChI=1S/C7H6OSe/c8-7(9)6-4-2-1-3-5-6/h1-5H,(H,8,9)/p-1. The van der Waals surface area contributed by atoms with Crippen molar-refractivity contribution in [3.05, 3.63) is 35.9 Å². The molecule has 1 aromatic carbocycles. The van der Waals surface area contributed by atoms with Gasteiger partial charge in [0.15, 0.2) is 0 Å². The van der Waals surface area contributed by atoms with Crippen LogP contribution in [0, 0.1) is 0 Å². The van der Waals surface area contributed by atoms with Gasteiger partial charge in [-0.05, 0) is 0 Å². The van der Waals surface area contributed by atoms with Crippen molar-refractivity contribution in [3.63, 3.8) is 0 Å². The fraction of sp³-hybridized carbons (Fsp3) is 0. The molecular formula is C7H5OSe-. The Morgan fingerprint density at radius 2 is 1.78 bits per heavy atom. The first kappa shape index (κ1) is 6.53. The van der Waals surface area contributed by atoms with Crippen molar-refractivity contribution in [3.8, 4) is 0 Å². The fourth-order valence-corrected chi connectivity index (χ4v) is 0.860. The van der Waals surface area contributed by atoms with Crippen LogP contribution in [0.5, 0.6) is 0 Å². The first-order valence-corrected chi connectivity index (χ1v) is 3.43. The van der Waals surface area contributed by atoms with Crippen molar-refractivity contribution < 1.29 is 4.79 Å². The summed E-state index contributed by atoms with van der Waals surface area (Å²) in [5, 5.41) is 0. The number of benzene rings is 1. The Kier molecular flexibility index (Phi) is 2.04. The number of hydrogen-bond donors (Lipinski definition) is 0. The van der Waals surface area contributed by atoms with Gasteiger partial charge in [0.25, 0.3) is 0 Å². The van der Waals surface area contributed by atoms with Crippen molar-refractivity contribution in [2.24, 2.45) is 0 Å². The van der Waals surface area contributed by atoms with Gasteiger partial charge in [-0.3, -0.25) is 0 Å². The van der Waals surface area contributed by atoms with Gasteiger partial charge in [-0.1, -0.05) is 0 Å². The maximum absolute atomic E-state index is 10.6. The second kappa shape index (κ2) is 2.81. The maximum atomic E-state index is 10.6. The molecule has 0 aliphatic carbocycles. The summed E-state index contributed by atoms with van der Waals surface area (Å²) in [6.07, 6.45) is 0. The van der Waals surface area contributed by atoms with Gasteiger partial charge in [0, 0.05) is 0 Å². The van der Waals surface area contributed by atoms with E-state index in [2.05, 4.69) is 16.0 Å². The van der Waals surface area contributed by atoms with Gasteiger partial charge in [-0.2, -0.15) is 0 Å². The van der Waals surface area contributed by atoms with Crippen LogP contribution in [0.3, 0.4) is 0 Å². The van der Waals surface area contributed by atoms with E-state index in [0.717, 1.165) is 5.56 Å². The van der Waals surface area contributed by atoms with Crippen LogP contribution in [0.2, 0.25) is 0 Å². The molecular weight excluding hydrogens is 179 g/mol. The van der Waals surface area contributed by atoms with Gasteiger partial charge in [0.2, 0.25) is 0 Å². The topological polar surface area (TPSA) is 17.1 Å². The van der Waals surface area contributed by atoms with E-state index in [1.54, 1.807) is 12.1 Å². The number of hydrogen-bond acceptors (Lipinski definition) is 1. The molecule has 2 heteroatoms. The van der Waals surface area contributed by atoms with Crippen LogP contribution in [-0.2, 0) is 0 Å². The van der Waals surface area contributed by atoms with Crippen molar-refractivity contribution in [1.29, 1.82) is 0 Å². The third-order valence-electron chi connectivity index (χ3n) is 1.01. The SMILES string of the molecule is O=C([Se-])c1ccccc1. The van der Waals surface area contributed by atoms with Gasteiger partial charge in [0.05, 0.1) is 0 Å². The minimum absolute atomic E-state index is 0.00407. The molecule has 0 saturated heterocycles. The van der Waals surface area contributed by atoms with Crippen LogP contribution in [0.4, 0.5) is 0 Å². The summed E-state index contributed by atoms with van der Waals surface area (Å²) in [5.41, 5.74) is 0.720. The molecule has 0 heterocycles. The average Bonchev–Trinajstić information content (AvgIpc) is 1.90. The first-order chi connectivity index (χ1) is 4.30. The zero-order valence-corrected chi connectivity index (χ0v) is 6.42. The zero-order chi connectivity index (χ0) is 6.69. The van der Waals surface area contributed by atoms with E-state index >= 15 is 0 Å². The normalized spacial score (nSPS) is 8.89. The van der Waals surface area contributed by atoms with Gasteiger partial charge in [-0.15, -0.1) is 0 Å². The van der Waals surface area contributed by atoms with E-state index in [0.29, 0.717) is 0 Å². The Morgan fingerprint density at radius 1 is 1.22 bits per heavy atom. The van der Waals surface area contributed by atoms with Crippen molar-refractivity contribution >= 4 is 20.7 Å². The molecule has 0 aromatic heterocycles. The van der Waals surface area contributed by atoms with Gasteiger partial charge in [0.1, 0.15) is 0 Å². The Morgan fingerprint density at radius 3 is 2.11 bits per heavy atom. The Hall–Kier alpha value is -0.591. The quantitative estimate of drug-likeness (QED) is 0.595. The van der Waals surface area contributed by atoms with E-state index in [4.69, 9.17) is 0 Å². The van der Waals surface area contributed by atoms with Crippen molar-refractivity contribution in [2.75, 3.05) is 0 Å². The number of carbonyl (C=O) groups excluding carboxylic acids is 1. The summed E-state index contributed by atoms with van der Waals surface area (Å²) in [7, 11) is 0. The van der Waals surface area contributed by atoms with Crippen LogP contribution in [0.1, 0.15) is 10.4 Å². The van der Waals surface area contributed by atoms with E-state index in [1.165, 1.54) is 0 Å². The molecule has 0 fully saturated rings. The summed E-state index contributed by atoms with van der Waals surface area (Å²) in [6.45, 7) is 0. The van der Waals surface area contributed by atoms with Crippen molar-refractivity contribution in [1.82, 2.24) is 0 Å². The van der Waals surface area contributed by atoms with Gasteiger partial charge < -0.3 is 0 Å². The molecule has 0 radical (unpaired) electrons. The van der Waals surface area contributed by atoms with E-state index in [1.807, 2.05) is 18.2 Å².